The maximum atomic E-state index is 11.5. The second-order valence-electron chi connectivity index (χ2n) is 4.05. The minimum atomic E-state index is -0.490. The Labute approximate surface area is 123 Å². The van der Waals surface area contributed by atoms with Gasteiger partial charge in [-0.2, -0.15) is 5.10 Å². The summed E-state index contributed by atoms with van der Waals surface area (Å²) in [6.07, 6.45) is 1.17. The van der Waals surface area contributed by atoms with Crippen LogP contribution in [0.2, 0.25) is 0 Å². The van der Waals surface area contributed by atoms with Gasteiger partial charge in [0.2, 0.25) is 11.8 Å². The second kappa shape index (κ2) is 9.49. The highest BCUT2D eigenvalue weighted by Crippen LogP contribution is 2.14. The Morgan fingerprint density at radius 1 is 1.24 bits per heavy atom. The summed E-state index contributed by atoms with van der Waals surface area (Å²) in [6.45, 7) is 0.770. The van der Waals surface area contributed by atoms with Crippen molar-refractivity contribution in [3.05, 3.63) is 29.8 Å². The summed E-state index contributed by atoms with van der Waals surface area (Å²) in [5, 5.41) is 6.33. The highest BCUT2D eigenvalue weighted by molar-refractivity contribution is 5.97. The first-order valence-electron chi connectivity index (χ1n) is 6.38. The fourth-order valence-corrected chi connectivity index (χ4v) is 1.49. The van der Waals surface area contributed by atoms with Crippen LogP contribution in [0.25, 0.3) is 0 Å². The van der Waals surface area contributed by atoms with E-state index in [1.807, 2.05) is 12.1 Å². The second-order valence-corrected chi connectivity index (χ2v) is 4.05. The molecule has 1 aromatic carbocycles. The number of rotatable bonds is 8. The van der Waals surface area contributed by atoms with E-state index in [4.69, 9.17) is 9.47 Å². The lowest BCUT2D eigenvalue weighted by atomic mass is 10.2. The number of hydrogen-bond acceptors (Lipinski definition) is 5. The molecule has 0 radical (unpaired) electrons. The molecular weight excluding hydrogens is 274 g/mol. The van der Waals surface area contributed by atoms with E-state index in [2.05, 4.69) is 15.8 Å². The molecule has 114 valence electrons. The first kappa shape index (κ1) is 16.6. The summed E-state index contributed by atoms with van der Waals surface area (Å²) in [5.74, 6) is -0.221. The smallest absolute Gasteiger partial charge is 0.249 e. The summed E-state index contributed by atoms with van der Waals surface area (Å²) in [5.41, 5.74) is 3.01. The van der Waals surface area contributed by atoms with E-state index in [-0.39, 0.29) is 12.3 Å². The molecule has 0 fully saturated rings. The van der Waals surface area contributed by atoms with E-state index < -0.39 is 5.91 Å². The van der Waals surface area contributed by atoms with Crippen LogP contribution in [-0.2, 0) is 14.3 Å². The Hall–Kier alpha value is -2.41. The molecule has 1 rings (SSSR count). The van der Waals surface area contributed by atoms with E-state index in [0.717, 1.165) is 5.56 Å². The number of benzene rings is 1. The molecule has 0 saturated heterocycles. The van der Waals surface area contributed by atoms with Crippen LogP contribution < -0.4 is 15.5 Å². The Kier molecular flexibility index (Phi) is 7.52. The zero-order valence-electron chi connectivity index (χ0n) is 12.1. The quantitative estimate of drug-likeness (QED) is 0.312. The van der Waals surface area contributed by atoms with Crippen molar-refractivity contribution in [1.29, 1.82) is 0 Å². The third kappa shape index (κ3) is 6.53. The van der Waals surface area contributed by atoms with Crippen molar-refractivity contribution < 1.29 is 19.1 Å². The molecule has 7 heteroatoms. The van der Waals surface area contributed by atoms with Crippen LogP contribution in [0.4, 0.5) is 0 Å². The molecule has 2 N–H and O–H groups in total. The monoisotopic (exact) mass is 293 g/mol. The SMILES string of the molecule is COCCNC(=O)CC(=O)NN=Cc1ccccc1OC. The molecule has 0 aliphatic heterocycles. The van der Waals surface area contributed by atoms with E-state index in [9.17, 15) is 9.59 Å². The van der Waals surface area contributed by atoms with Crippen molar-refractivity contribution in [1.82, 2.24) is 10.7 Å². The average Bonchev–Trinajstić information content (AvgIpc) is 2.48. The van der Waals surface area contributed by atoms with Crippen LogP contribution in [-0.4, -0.2) is 45.4 Å². The first-order chi connectivity index (χ1) is 10.2. The number of hydrogen-bond donors (Lipinski definition) is 2. The van der Waals surface area contributed by atoms with Crippen LogP contribution in [0.15, 0.2) is 29.4 Å². The summed E-state index contributed by atoms with van der Waals surface area (Å²) in [7, 11) is 3.08. The Balaban J connectivity index is 2.38. The standard InChI is InChI=1S/C14H19N3O4/c1-20-8-7-15-13(18)9-14(19)17-16-10-11-5-3-4-6-12(11)21-2/h3-6,10H,7-9H2,1-2H3,(H,15,18)(H,17,19). The number of amides is 2. The van der Waals surface area contributed by atoms with Gasteiger partial charge < -0.3 is 14.8 Å². The molecule has 21 heavy (non-hydrogen) atoms. The number of ether oxygens (including phenoxy) is 2. The maximum Gasteiger partial charge on any atom is 0.249 e. The largest absolute Gasteiger partial charge is 0.496 e. The predicted octanol–water partition coefficient (Wildman–Crippen LogP) is 0.298. The molecule has 2 amide bonds. The molecule has 0 saturated carbocycles. The lowest BCUT2D eigenvalue weighted by molar-refractivity contribution is -0.129. The summed E-state index contributed by atoms with van der Waals surface area (Å²) >= 11 is 0. The van der Waals surface area contributed by atoms with Crippen LogP contribution >= 0.6 is 0 Å². The van der Waals surface area contributed by atoms with Crippen molar-refractivity contribution in [2.24, 2.45) is 5.10 Å². The number of carbonyl (C=O) groups is 2. The van der Waals surface area contributed by atoms with Gasteiger partial charge in [0, 0.05) is 19.2 Å². The molecule has 0 unspecified atom stereocenters. The highest BCUT2D eigenvalue weighted by atomic mass is 16.5. The topological polar surface area (TPSA) is 89.0 Å². The molecule has 1 aromatic rings. The van der Waals surface area contributed by atoms with E-state index in [1.54, 1.807) is 19.2 Å². The number of carbonyl (C=O) groups excluding carboxylic acids is 2. The van der Waals surface area contributed by atoms with Crippen molar-refractivity contribution in [3.63, 3.8) is 0 Å². The highest BCUT2D eigenvalue weighted by Gasteiger charge is 2.07. The lowest BCUT2D eigenvalue weighted by Crippen LogP contribution is -2.31. The third-order valence-corrected chi connectivity index (χ3v) is 2.48. The van der Waals surface area contributed by atoms with Crippen LogP contribution in [0.1, 0.15) is 12.0 Å². The molecule has 0 bridgehead atoms. The van der Waals surface area contributed by atoms with Gasteiger partial charge in [-0.05, 0) is 12.1 Å². The molecule has 0 aliphatic rings. The van der Waals surface area contributed by atoms with Gasteiger partial charge in [-0.25, -0.2) is 5.43 Å². The first-order valence-corrected chi connectivity index (χ1v) is 6.38. The molecule has 0 heterocycles. The van der Waals surface area contributed by atoms with Crippen molar-refractivity contribution in [2.45, 2.75) is 6.42 Å². The van der Waals surface area contributed by atoms with Gasteiger partial charge in [0.1, 0.15) is 12.2 Å². The third-order valence-electron chi connectivity index (χ3n) is 2.48. The van der Waals surface area contributed by atoms with Gasteiger partial charge in [0.05, 0.1) is 19.9 Å². The number of nitrogens with one attached hydrogen (secondary N) is 2. The van der Waals surface area contributed by atoms with Gasteiger partial charge in [0.25, 0.3) is 0 Å². The van der Waals surface area contributed by atoms with Crippen LogP contribution in [0.5, 0.6) is 5.75 Å². The minimum Gasteiger partial charge on any atom is -0.496 e. The summed E-state index contributed by atoms with van der Waals surface area (Å²) < 4.78 is 9.92. The number of nitrogens with zero attached hydrogens (tertiary/aromatic N) is 1. The van der Waals surface area contributed by atoms with Gasteiger partial charge in [-0.3, -0.25) is 9.59 Å². The Morgan fingerprint density at radius 3 is 2.71 bits per heavy atom. The van der Waals surface area contributed by atoms with Gasteiger partial charge >= 0.3 is 0 Å². The fraction of sp³-hybridized carbons (Fsp3) is 0.357. The average molecular weight is 293 g/mol. The van der Waals surface area contributed by atoms with Gasteiger partial charge in [-0.15, -0.1) is 0 Å². The lowest BCUT2D eigenvalue weighted by Gasteiger charge is -2.04. The van der Waals surface area contributed by atoms with E-state index in [1.165, 1.54) is 13.3 Å². The Bertz CT molecular complexity index is 503. The summed E-state index contributed by atoms with van der Waals surface area (Å²) in [4.78, 5) is 22.8. The zero-order chi connectivity index (χ0) is 15.5. The fourth-order valence-electron chi connectivity index (χ4n) is 1.49. The zero-order valence-corrected chi connectivity index (χ0v) is 12.1. The molecular formula is C14H19N3O4. The van der Waals surface area contributed by atoms with E-state index >= 15 is 0 Å². The van der Waals surface area contributed by atoms with Gasteiger partial charge in [-0.1, -0.05) is 12.1 Å². The molecule has 0 atom stereocenters. The van der Waals surface area contributed by atoms with Crippen molar-refractivity contribution >= 4 is 18.0 Å². The summed E-state index contributed by atoms with van der Waals surface area (Å²) in [6, 6.07) is 7.24. The van der Waals surface area contributed by atoms with Gasteiger partial charge in [0.15, 0.2) is 0 Å². The normalized spacial score (nSPS) is 10.4. The molecule has 0 spiro atoms. The Morgan fingerprint density at radius 2 is 2.00 bits per heavy atom. The van der Waals surface area contributed by atoms with Crippen molar-refractivity contribution in [3.8, 4) is 5.75 Å². The predicted molar refractivity (Wildman–Crippen MR) is 78.2 cm³/mol. The molecule has 7 nitrogen and oxygen atoms in total. The van der Waals surface area contributed by atoms with Crippen LogP contribution in [0, 0.1) is 0 Å². The van der Waals surface area contributed by atoms with E-state index in [0.29, 0.717) is 18.9 Å². The minimum absolute atomic E-state index is 0.285. The number of hydrazone groups is 1. The maximum absolute atomic E-state index is 11.5. The molecule has 0 aliphatic carbocycles. The number of methoxy groups -OCH3 is 2. The van der Waals surface area contributed by atoms with Crippen LogP contribution in [0.3, 0.4) is 0 Å². The number of para-hydroxylation sites is 1. The molecule has 0 aromatic heterocycles. The van der Waals surface area contributed by atoms with Crippen molar-refractivity contribution in [2.75, 3.05) is 27.4 Å².